The molecule has 10 aromatic rings. The van der Waals surface area contributed by atoms with E-state index in [1.165, 1.54) is 10.6 Å². The van der Waals surface area contributed by atoms with Crippen LogP contribution in [0, 0.1) is 11.3 Å². The highest BCUT2D eigenvalue weighted by Crippen LogP contribution is 2.38. The van der Waals surface area contributed by atoms with E-state index in [9.17, 15) is 25.1 Å². The van der Waals surface area contributed by atoms with E-state index < -0.39 is 11.1 Å². The summed E-state index contributed by atoms with van der Waals surface area (Å²) in [5, 5.41) is 39.5. The molecule has 0 aliphatic carbocycles. The Hall–Kier alpha value is -8.24. The molecule has 0 saturated heterocycles. The maximum atomic E-state index is 13.4. The summed E-state index contributed by atoms with van der Waals surface area (Å²) in [5.74, 6) is 0.207. The second kappa shape index (κ2) is 15.3. The van der Waals surface area contributed by atoms with E-state index in [2.05, 4.69) is 44.4 Å². The molecule has 0 unspecified atom stereocenters. The molecule has 63 heavy (non-hydrogen) atoms. The van der Waals surface area contributed by atoms with Crippen molar-refractivity contribution in [1.82, 2.24) is 38.4 Å². The number of imidazole rings is 1. The van der Waals surface area contributed by atoms with Gasteiger partial charge in [0.15, 0.2) is 5.82 Å². The van der Waals surface area contributed by atoms with Gasteiger partial charge in [0.05, 0.1) is 56.7 Å². The molecule has 5 aromatic heterocycles. The van der Waals surface area contributed by atoms with Crippen LogP contribution < -0.4 is 11.4 Å². The number of nitriles is 1. The fourth-order valence-corrected chi connectivity index (χ4v) is 8.10. The molecule has 0 spiro atoms. The molecule has 0 saturated carbocycles. The average Bonchev–Trinajstić information content (AvgIpc) is 3.94. The number of para-hydroxylation sites is 1. The topological polar surface area (TPSA) is 173 Å². The molecule has 0 amide bonds. The Labute approximate surface area is 361 Å². The summed E-state index contributed by atoms with van der Waals surface area (Å²) < 4.78 is 6.77. The maximum absolute atomic E-state index is 13.4. The zero-order valence-electron chi connectivity index (χ0n) is 35.5. The number of pyridine rings is 2. The summed E-state index contributed by atoms with van der Waals surface area (Å²) in [6.45, 7) is 7.65. The van der Waals surface area contributed by atoms with Crippen LogP contribution in [0.4, 0.5) is 0 Å². The van der Waals surface area contributed by atoms with Crippen LogP contribution in [0.15, 0.2) is 137 Å². The van der Waals surface area contributed by atoms with Crippen LogP contribution in [0.3, 0.4) is 0 Å². The number of phenols is 2. The fraction of sp³-hybridized carbons (Fsp3) is 0.160. The van der Waals surface area contributed by atoms with Crippen LogP contribution >= 0.6 is 0 Å². The fourth-order valence-electron chi connectivity index (χ4n) is 8.10. The highest BCUT2D eigenvalue weighted by molar-refractivity contribution is 6.05. The van der Waals surface area contributed by atoms with Gasteiger partial charge in [-0.2, -0.15) is 10.4 Å². The standard InChI is InChI=1S/C30H23N5O.C20H20N4O3/c1-30(2,18-31)22-9-11-23(12-10-22)35-28-24-15-19(21-14-20-6-4-5-7-25(20)32-16-21)8-13-26(24)33-17-27(28)34(3)29(35)36;1-11(2)14-9-15(18(26)10-17(14)25)19-21-22-20(27)24(19)13-4-5-16-12(8-13)6-7-23(16)3/h4-17H,1-3H3;4-11,25-26H,1-3H3,(H,22,27). The van der Waals surface area contributed by atoms with Crippen LogP contribution in [0.2, 0.25) is 0 Å². The minimum atomic E-state index is -0.609. The van der Waals surface area contributed by atoms with Gasteiger partial charge in [-0.05, 0) is 103 Å². The molecule has 13 nitrogen and oxygen atoms in total. The number of H-pyrrole nitrogens is 1. The normalized spacial score (nSPS) is 11.7. The van der Waals surface area contributed by atoms with Crippen LogP contribution in [-0.4, -0.2) is 48.6 Å². The first-order valence-corrected chi connectivity index (χ1v) is 20.4. The Morgan fingerprint density at radius 2 is 1.48 bits per heavy atom. The average molecular weight is 834 g/mol. The number of aromatic nitrogens is 8. The molecule has 10 rings (SSSR count). The van der Waals surface area contributed by atoms with E-state index >= 15 is 0 Å². The van der Waals surface area contributed by atoms with Crippen molar-refractivity contribution in [2.24, 2.45) is 14.1 Å². The van der Waals surface area contributed by atoms with Crippen molar-refractivity contribution in [3.8, 4) is 51.5 Å². The van der Waals surface area contributed by atoms with Crippen molar-refractivity contribution in [2.75, 3.05) is 0 Å². The van der Waals surface area contributed by atoms with Crippen molar-refractivity contribution in [1.29, 1.82) is 5.26 Å². The van der Waals surface area contributed by atoms with Gasteiger partial charge in [-0.1, -0.05) is 50.2 Å². The van der Waals surface area contributed by atoms with Crippen molar-refractivity contribution in [2.45, 2.75) is 39.0 Å². The molecule has 13 heteroatoms. The molecule has 5 heterocycles. The summed E-state index contributed by atoms with van der Waals surface area (Å²) in [7, 11) is 3.72. The molecule has 3 N–H and O–H groups in total. The van der Waals surface area contributed by atoms with E-state index in [0.29, 0.717) is 16.8 Å². The first-order valence-electron chi connectivity index (χ1n) is 20.4. The van der Waals surface area contributed by atoms with Gasteiger partial charge in [-0.15, -0.1) is 0 Å². The first-order chi connectivity index (χ1) is 30.2. The van der Waals surface area contributed by atoms with Crippen LogP contribution in [0.1, 0.15) is 44.7 Å². The number of hydrogen-bond acceptors (Lipinski definition) is 8. The van der Waals surface area contributed by atoms with E-state index in [1.54, 1.807) is 28.4 Å². The molecule has 0 aliphatic heterocycles. The monoisotopic (exact) mass is 833 g/mol. The number of nitrogens with zero attached hydrogens (tertiary/aromatic N) is 8. The number of hydrogen-bond donors (Lipinski definition) is 3. The third-order valence-electron chi connectivity index (χ3n) is 11.7. The molecular weight excluding hydrogens is 791 g/mol. The largest absolute Gasteiger partial charge is 0.508 e. The molecule has 5 aromatic carbocycles. The van der Waals surface area contributed by atoms with Crippen molar-refractivity contribution in [3.63, 3.8) is 0 Å². The Morgan fingerprint density at radius 1 is 0.730 bits per heavy atom. The number of rotatable bonds is 6. The van der Waals surface area contributed by atoms with Crippen LogP contribution in [0.25, 0.3) is 77.6 Å². The SMILES string of the molecule is CC(C)c1cc(-c2n[nH]c(=O)n2-c2ccc3c(ccn3C)c2)c(O)cc1O.Cn1c(=O)n(-c2ccc(C(C)(C)C#N)cc2)c2c3cc(-c4cnc5ccccc5c4)ccc3ncc21. The smallest absolute Gasteiger partial charge is 0.348 e. The number of aromatic amines is 1. The van der Waals surface area contributed by atoms with Gasteiger partial charge in [0.1, 0.15) is 11.5 Å². The number of fused-ring (bicyclic) bond motifs is 5. The quantitative estimate of drug-likeness (QED) is 0.149. The lowest BCUT2D eigenvalue weighted by Crippen LogP contribution is -2.21. The molecule has 0 fully saturated rings. The Balaban J connectivity index is 0.000000167. The zero-order valence-corrected chi connectivity index (χ0v) is 35.5. The van der Waals surface area contributed by atoms with Crippen molar-refractivity contribution >= 4 is 43.7 Å². The van der Waals surface area contributed by atoms with Gasteiger partial charge in [-0.3, -0.25) is 19.1 Å². The van der Waals surface area contributed by atoms with E-state index in [-0.39, 0.29) is 28.9 Å². The highest BCUT2D eigenvalue weighted by Gasteiger charge is 2.22. The zero-order chi connectivity index (χ0) is 44.3. The number of benzene rings is 5. The third kappa shape index (κ3) is 6.97. The summed E-state index contributed by atoms with van der Waals surface area (Å²) in [6.07, 6.45) is 5.58. The molecule has 312 valence electrons. The molecule has 0 aliphatic rings. The van der Waals surface area contributed by atoms with Gasteiger partial charge in [0, 0.05) is 59.8 Å². The lowest BCUT2D eigenvalue weighted by atomic mass is 9.86. The van der Waals surface area contributed by atoms with Crippen LogP contribution in [0.5, 0.6) is 11.5 Å². The molecule has 0 radical (unpaired) electrons. The summed E-state index contributed by atoms with van der Waals surface area (Å²) in [4.78, 5) is 35.1. The van der Waals surface area contributed by atoms with E-state index in [0.717, 1.165) is 66.1 Å². The predicted molar refractivity (Wildman–Crippen MR) is 247 cm³/mol. The second-order valence-electron chi connectivity index (χ2n) is 16.5. The third-order valence-corrected chi connectivity index (χ3v) is 11.7. The lowest BCUT2D eigenvalue weighted by Gasteiger charge is -2.16. The summed E-state index contributed by atoms with van der Waals surface area (Å²) >= 11 is 0. The molecule has 0 atom stereocenters. The minimum Gasteiger partial charge on any atom is -0.508 e. The maximum Gasteiger partial charge on any atom is 0.348 e. The number of aromatic hydroxyl groups is 2. The number of nitrogens with one attached hydrogen (secondary N) is 1. The Bertz CT molecular complexity index is 3580. The first kappa shape index (κ1) is 40.2. The molecule has 0 bridgehead atoms. The lowest BCUT2D eigenvalue weighted by molar-refractivity contribution is 0.444. The number of aryl methyl sites for hydroxylation is 2. The second-order valence-corrected chi connectivity index (χ2v) is 16.5. The highest BCUT2D eigenvalue weighted by atomic mass is 16.3. The summed E-state index contributed by atoms with van der Waals surface area (Å²) in [5.41, 5.74) is 8.53. The number of phenolic OH excluding ortho intramolecular Hbond substituents is 2. The van der Waals surface area contributed by atoms with Gasteiger partial charge in [0.25, 0.3) is 0 Å². The minimum absolute atomic E-state index is 0.0152. The predicted octanol–water partition coefficient (Wildman–Crippen LogP) is 9.15. The van der Waals surface area contributed by atoms with Crippen molar-refractivity contribution in [3.05, 3.63) is 160 Å². The Morgan fingerprint density at radius 3 is 2.24 bits per heavy atom. The molecular formula is C50H43N9O4. The van der Waals surface area contributed by atoms with Gasteiger partial charge in [-0.25, -0.2) is 19.3 Å². The summed E-state index contributed by atoms with van der Waals surface area (Å²) in [6, 6.07) is 36.8. The van der Waals surface area contributed by atoms with Gasteiger partial charge < -0.3 is 14.8 Å². The van der Waals surface area contributed by atoms with E-state index in [1.807, 2.05) is 131 Å². The van der Waals surface area contributed by atoms with Gasteiger partial charge in [0.2, 0.25) is 0 Å². The Kier molecular flexibility index (Phi) is 9.79. The van der Waals surface area contributed by atoms with E-state index in [4.69, 9.17) is 0 Å². The van der Waals surface area contributed by atoms with Gasteiger partial charge >= 0.3 is 11.4 Å². The van der Waals surface area contributed by atoms with Crippen LogP contribution in [-0.2, 0) is 19.5 Å². The van der Waals surface area contributed by atoms with Crippen molar-refractivity contribution < 1.29 is 10.2 Å².